The van der Waals surface area contributed by atoms with Crippen molar-refractivity contribution in [1.29, 1.82) is 0 Å². The third-order valence-corrected chi connectivity index (χ3v) is 3.84. The van der Waals surface area contributed by atoms with Gasteiger partial charge in [0.05, 0.1) is 5.69 Å². The van der Waals surface area contributed by atoms with Gasteiger partial charge in [0.25, 0.3) is 0 Å². The number of nitrogens with zero attached hydrogens (tertiary/aromatic N) is 1. The van der Waals surface area contributed by atoms with E-state index in [0.29, 0.717) is 11.6 Å². The van der Waals surface area contributed by atoms with Crippen LogP contribution < -0.4 is 10.5 Å². The Morgan fingerprint density at radius 3 is 2.83 bits per heavy atom. The fraction of sp³-hybridized carbons (Fsp3) is 0.231. The summed E-state index contributed by atoms with van der Waals surface area (Å²) in [5.41, 5.74) is 7.46. The molecule has 1 aromatic carbocycles. The Kier molecular flexibility index (Phi) is 3.93. The third-order valence-electron chi connectivity index (χ3n) is 2.55. The van der Waals surface area contributed by atoms with Crippen LogP contribution in [0.15, 0.2) is 24.3 Å². The first-order chi connectivity index (χ1) is 8.56. The van der Waals surface area contributed by atoms with Gasteiger partial charge in [-0.05, 0) is 26.0 Å². The predicted octanol–water partition coefficient (Wildman–Crippen LogP) is 2.97. The van der Waals surface area contributed by atoms with E-state index >= 15 is 0 Å². The summed E-state index contributed by atoms with van der Waals surface area (Å²) in [7, 11) is 0. The predicted molar refractivity (Wildman–Crippen MR) is 78.2 cm³/mol. The highest BCUT2D eigenvalue weighted by atomic mass is 32.1. The summed E-state index contributed by atoms with van der Waals surface area (Å²) in [5, 5.41) is 0.978. The van der Waals surface area contributed by atoms with Gasteiger partial charge in [-0.25, -0.2) is 4.98 Å². The van der Waals surface area contributed by atoms with Gasteiger partial charge in [-0.3, -0.25) is 0 Å². The first-order valence-electron chi connectivity index (χ1n) is 5.52. The molecule has 1 heterocycles. The normalized spacial score (nSPS) is 10.3. The molecule has 0 unspecified atom stereocenters. The molecule has 0 fully saturated rings. The fourth-order valence-electron chi connectivity index (χ4n) is 1.49. The molecule has 0 aliphatic rings. The molecule has 1 aromatic heterocycles. The first-order valence-corrected chi connectivity index (χ1v) is 6.74. The molecular weight excluding hydrogens is 264 g/mol. The van der Waals surface area contributed by atoms with Gasteiger partial charge in [-0.2, -0.15) is 0 Å². The molecule has 18 heavy (non-hydrogen) atoms. The largest absolute Gasteiger partial charge is 0.486 e. The molecule has 5 heteroatoms. The van der Waals surface area contributed by atoms with Gasteiger partial charge < -0.3 is 10.5 Å². The second-order valence-electron chi connectivity index (χ2n) is 3.93. The van der Waals surface area contributed by atoms with E-state index in [-0.39, 0.29) is 0 Å². The number of rotatable bonds is 4. The van der Waals surface area contributed by atoms with E-state index in [4.69, 9.17) is 22.7 Å². The van der Waals surface area contributed by atoms with Gasteiger partial charge in [-0.1, -0.05) is 24.4 Å². The summed E-state index contributed by atoms with van der Waals surface area (Å²) < 4.78 is 5.68. The van der Waals surface area contributed by atoms with Crippen LogP contribution in [0.25, 0.3) is 0 Å². The van der Waals surface area contributed by atoms with Gasteiger partial charge in [0.1, 0.15) is 22.4 Å². The van der Waals surface area contributed by atoms with Crippen LogP contribution in [-0.2, 0) is 6.61 Å². The van der Waals surface area contributed by atoms with E-state index < -0.39 is 0 Å². The molecule has 0 aliphatic heterocycles. The molecule has 0 saturated carbocycles. The Morgan fingerprint density at radius 2 is 2.22 bits per heavy atom. The molecule has 94 valence electrons. The summed E-state index contributed by atoms with van der Waals surface area (Å²) in [6.45, 7) is 4.53. The van der Waals surface area contributed by atoms with Crippen LogP contribution in [-0.4, -0.2) is 9.97 Å². The average Bonchev–Trinajstić information content (AvgIpc) is 2.67. The minimum Gasteiger partial charge on any atom is -0.486 e. The summed E-state index contributed by atoms with van der Waals surface area (Å²) in [4.78, 5) is 6.03. The van der Waals surface area contributed by atoms with Crippen molar-refractivity contribution < 1.29 is 4.74 Å². The number of hydrogen-bond donors (Lipinski definition) is 1. The highest BCUT2D eigenvalue weighted by molar-refractivity contribution is 7.80. The molecule has 2 rings (SSSR count). The van der Waals surface area contributed by atoms with E-state index in [1.807, 2.05) is 31.2 Å². The van der Waals surface area contributed by atoms with Crippen molar-refractivity contribution in [2.24, 2.45) is 5.73 Å². The molecule has 0 atom stereocenters. The lowest BCUT2D eigenvalue weighted by molar-refractivity contribution is 0.305. The Morgan fingerprint density at radius 1 is 1.44 bits per heavy atom. The Labute approximate surface area is 116 Å². The highest BCUT2D eigenvalue weighted by Crippen LogP contribution is 2.19. The molecule has 0 spiro atoms. The van der Waals surface area contributed by atoms with E-state index in [9.17, 15) is 0 Å². The average molecular weight is 278 g/mol. The lowest BCUT2D eigenvalue weighted by Crippen LogP contribution is -2.09. The van der Waals surface area contributed by atoms with Crippen molar-refractivity contribution in [2.45, 2.75) is 20.5 Å². The van der Waals surface area contributed by atoms with Gasteiger partial charge in [0.2, 0.25) is 0 Å². The van der Waals surface area contributed by atoms with Crippen molar-refractivity contribution in [3.8, 4) is 5.75 Å². The zero-order chi connectivity index (χ0) is 13.1. The number of thiazole rings is 1. The molecular formula is C13H14N2OS2. The summed E-state index contributed by atoms with van der Waals surface area (Å²) >= 11 is 6.59. The maximum Gasteiger partial charge on any atom is 0.140 e. The van der Waals surface area contributed by atoms with Crippen LogP contribution in [0.2, 0.25) is 0 Å². The number of benzene rings is 1. The fourth-order valence-corrected chi connectivity index (χ4v) is 2.46. The standard InChI is InChI=1S/C13H14N2OS2/c1-8-9(2)18-12(15-8)7-16-11-5-3-4-10(6-11)13(14)17/h3-6H,7H2,1-2H3,(H2,14,17). The molecule has 2 aromatic rings. The van der Waals surface area contributed by atoms with E-state index in [2.05, 4.69) is 11.9 Å². The second kappa shape index (κ2) is 5.46. The van der Waals surface area contributed by atoms with Crippen molar-refractivity contribution in [3.63, 3.8) is 0 Å². The zero-order valence-corrected chi connectivity index (χ0v) is 11.9. The van der Waals surface area contributed by atoms with Crippen molar-refractivity contribution in [1.82, 2.24) is 4.98 Å². The van der Waals surface area contributed by atoms with Crippen LogP contribution in [0.1, 0.15) is 21.1 Å². The SMILES string of the molecule is Cc1nc(COc2cccc(C(N)=S)c2)sc1C. The molecule has 3 nitrogen and oxygen atoms in total. The summed E-state index contributed by atoms with van der Waals surface area (Å²) in [6, 6.07) is 7.47. The molecule has 0 amide bonds. The molecule has 2 N–H and O–H groups in total. The van der Waals surface area contributed by atoms with Gasteiger partial charge in [-0.15, -0.1) is 11.3 Å². The topological polar surface area (TPSA) is 48.1 Å². The van der Waals surface area contributed by atoms with Gasteiger partial charge in [0, 0.05) is 10.4 Å². The minimum atomic E-state index is 0.376. The monoisotopic (exact) mass is 278 g/mol. The number of aromatic nitrogens is 1. The Balaban J connectivity index is 2.06. The number of thiocarbonyl (C=S) groups is 1. The maximum atomic E-state index is 5.68. The quantitative estimate of drug-likeness (QED) is 0.874. The maximum absolute atomic E-state index is 5.68. The molecule has 0 saturated heterocycles. The van der Waals surface area contributed by atoms with Crippen molar-refractivity contribution in [2.75, 3.05) is 0 Å². The molecule has 0 bridgehead atoms. The number of hydrogen-bond acceptors (Lipinski definition) is 4. The highest BCUT2D eigenvalue weighted by Gasteiger charge is 2.05. The van der Waals surface area contributed by atoms with Crippen LogP contribution in [0, 0.1) is 13.8 Å². The summed E-state index contributed by atoms with van der Waals surface area (Å²) in [5.74, 6) is 0.755. The lowest BCUT2D eigenvalue weighted by Gasteiger charge is -2.05. The molecule has 0 aliphatic carbocycles. The third kappa shape index (κ3) is 3.05. The van der Waals surface area contributed by atoms with Gasteiger partial charge in [0.15, 0.2) is 0 Å². The number of aryl methyl sites for hydroxylation is 2. The van der Waals surface area contributed by atoms with Gasteiger partial charge >= 0.3 is 0 Å². The lowest BCUT2D eigenvalue weighted by atomic mass is 10.2. The summed E-state index contributed by atoms with van der Waals surface area (Å²) in [6.07, 6.45) is 0. The minimum absolute atomic E-state index is 0.376. The van der Waals surface area contributed by atoms with Crippen molar-refractivity contribution >= 4 is 28.5 Å². The Bertz CT molecular complexity index is 559. The van der Waals surface area contributed by atoms with E-state index in [0.717, 1.165) is 22.0 Å². The molecule has 0 radical (unpaired) electrons. The Hall–Kier alpha value is -1.46. The van der Waals surface area contributed by atoms with Crippen LogP contribution >= 0.6 is 23.6 Å². The number of nitrogens with two attached hydrogens (primary N) is 1. The van der Waals surface area contributed by atoms with Crippen LogP contribution in [0.5, 0.6) is 5.75 Å². The van der Waals surface area contributed by atoms with Crippen molar-refractivity contribution in [3.05, 3.63) is 45.4 Å². The first kappa shape index (κ1) is 13.0. The van der Waals surface area contributed by atoms with E-state index in [1.54, 1.807) is 11.3 Å². The second-order valence-corrected chi connectivity index (χ2v) is 5.66. The van der Waals surface area contributed by atoms with Crippen LogP contribution in [0.4, 0.5) is 0 Å². The van der Waals surface area contributed by atoms with E-state index in [1.165, 1.54) is 4.88 Å². The smallest absolute Gasteiger partial charge is 0.140 e. The zero-order valence-electron chi connectivity index (χ0n) is 10.3. The van der Waals surface area contributed by atoms with Crippen LogP contribution in [0.3, 0.4) is 0 Å². The number of ether oxygens (including phenoxy) is 1.